The number of guanidine groups is 1. The van der Waals surface area contributed by atoms with Crippen molar-refractivity contribution < 1.29 is 9.53 Å². The molecule has 1 aliphatic carbocycles. The minimum atomic E-state index is -0.491. The first-order chi connectivity index (χ1) is 13.5. The molecule has 1 aliphatic rings. The van der Waals surface area contributed by atoms with Crippen LogP contribution in [0.1, 0.15) is 34.0 Å². The van der Waals surface area contributed by atoms with Crippen LogP contribution >= 0.6 is 11.3 Å². The lowest BCUT2D eigenvalue weighted by Crippen LogP contribution is -2.38. The van der Waals surface area contributed by atoms with Gasteiger partial charge in [0.15, 0.2) is 12.6 Å². The topological polar surface area (TPSA) is 92.8 Å². The second-order valence-electron chi connectivity index (χ2n) is 6.84. The highest BCUT2D eigenvalue weighted by molar-refractivity contribution is 7.11. The summed E-state index contributed by atoms with van der Waals surface area (Å²) in [6.45, 7) is 1.21. The Labute approximate surface area is 169 Å². The molecule has 150 valence electrons. The van der Waals surface area contributed by atoms with E-state index in [0.29, 0.717) is 12.3 Å². The first-order valence-corrected chi connectivity index (χ1v) is 10.3. The van der Waals surface area contributed by atoms with E-state index in [1.807, 2.05) is 36.6 Å². The van der Waals surface area contributed by atoms with Crippen molar-refractivity contribution in [2.45, 2.75) is 38.8 Å². The highest BCUT2D eigenvalue weighted by atomic mass is 32.1. The first-order valence-electron chi connectivity index (χ1n) is 9.44. The van der Waals surface area contributed by atoms with Gasteiger partial charge in [0, 0.05) is 25.5 Å². The van der Waals surface area contributed by atoms with Gasteiger partial charge in [0.05, 0.1) is 12.2 Å². The van der Waals surface area contributed by atoms with Crippen LogP contribution in [0.15, 0.2) is 29.3 Å². The van der Waals surface area contributed by atoms with Crippen LogP contribution in [0.5, 0.6) is 5.75 Å². The summed E-state index contributed by atoms with van der Waals surface area (Å²) in [6, 6.07) is 7.57. The fourth-order valence-electron chi connectivity index (χ4n) is 3.22. The number of fused-ring (bicyclic) bond motifs is 1. The highest BCUT2D eigenvalue weighted by Gasteiger charge is 2.17. The zero-order valence-corrected chi connectivity index (χ0v) is 17.2. The summed E-state index contributed by atoms with van der Waals surface area (Å²) >= 11 is 1.83. The van der Waals surface area contributed by atoms with Gasteiger partial charge in [-0.05, 0) is 43.4 Å². The number of hydrogen-bond donors (Lipinski definition) is 2. The van der Waals surface area contributed by atoms with Gasteiger partial charge < -0.3 is 20.7 Å². The Morgan fingerprint density at radius 2 is 2.21 bits per heavy atom. The second-order valence-corrected chi connectivity index (χ2v) is 8.01. The van der Waals surface area contributed by atoms with Crippen molar-refractivity contribution in [1.82, 2.24) is 15.2 Å². The standard InChI is InChI=1S/C20H27N5O2S/c1-22-20(23-11-14-6-5-7-15(10-14)27-13-18(21)26)25(2)12-19-24-16-8-3-4-9-17(16)28-19/h5-7,10H,3-4,8-9,11-13H2,1-2H3,(H2,21,26)(H,22,23). The molecule has 0 aliphatic heterocycles. The average molecular weight is 402 g/mol. The van der Waals surface area contributed by atoms with Gasteiger partial charge in [-0.2, -0.15) is 0 Å². The molecule has 1 aromatic heterocycles. The predicted molar refractivity (Wildman–Crippen MR) is 112 cm³/mol. The number of aryl methyl sites for hydroxylation is 2. The van der Waals surface area contributed by atoms with Crippen LogP contribution in [0.2, 0.25) is 0 Å². The van der Waals surface area contributed by atoms with E-state index in [9.17, 15) is 4.79 Å². The molecule has 28 heavy (non-hydrogen) atoms. The molecule has 1 heterocycles. The molecule has 7 nitrogen and oxygen atoms in total. The summed E-state index contributed by atoms with van der Waals surface area (Å²) in [5.41, 5.74) is 7.44. The Balaban J connectivity index is 1.56. The number of nitrogens with two attached hydrogens (primary N) is 1. The summed E-state index contributed by atoms with van der Waals surface area (Å²) in [4.78, 5) is 23.6. The number of carbonyl (C=O) groups is 1. The lowest BCUT2D eigenvalue weighted by atomic mass is 10.0. The third-order valence-electron chi connectivity index (χ3n) is 4.57. The van der Waals surface area contributed by atoms with E-state index in [1.165, 1.54) is 23.4 Å². The summed E-state index contributed by atoms with van der Waals surface area (Å²) in [7, 11) is 3.79. The van der Waals surface area contributed by atoms with Gasteiger partial charge in [-0.15, -0.1) is 11.3 Å². The van der Waals surface area contributed by atoms with Crippen LogP contribution in [0.25, 0.3) is 0 Å². The van der Waals surface area contributed by atoms with Gasteiger partial charge in [-0.3, -0.25) is 9.79 Å². The van der Waals surface area contributed by atoms with Gasteiger partial charge in [-0.1, -0.05) is 12.1 Å². The largest absolute Gasteiger partial charge is 0.484 e. The number of nitrogens with one attached hydrogen (secondary N) is 1. The summed E-state index contributed by atoms with van der Waals surface area (Å²) in [6.07, 6.45) is 4.79. The maximum atomic E-state index is 10.9. The fourth-order valence-corrected chi connectivity index (χ4v) is 4.43. The number of amides is 1. The summed E-state index contributed by atoms with van der Waals surface area (Å²) in [5.74, 6) is 0.931. The Kier molecular flexibility index (Phi) is 6.86. The molecule has 1 aromatic carbocycles. The smallest absolute Gasteiger partial charge is 0.255 e. The quantitative estimate of drug-likeness (QED) is 0.547. The molecule has 1 amide bonds. The molecule has 0 spiro atoms. The van der Waals surface area contributed by atoms with Crippen molar-refractivity contribution in [2.24, 2.45) is 10.7 Å². The molecular weight excluding hydrogens is 374 g/mol. The Morgan fingerprint density at radius 3 is 2.96 bits per heavy atom. The van der Waals surface area contributed by atoms with Crippen molar-refractivity contribution in [2.75, 3.05) is 20.7 Å². The molecule has 0 unspecified atom stereocenters. The maximum Gasteiger partial charge on any atom is 0.255 e. The number of primary amides is 1. The van der Waals surface area contributed by atoms with Crippen molar-refractivity contribution in [3.05, 3.63) is 45.4 Å². The first kappa shape index (κ1) is 20.1. The van der Waals surface area contributed by atoms with Gasteiger partial charge >= 0.3 is 0 Å². The lowest BCUT2D eigenvalue weighted by Gasteiger charge is -2.21. The molecule has 0 fully saturated rings. The van der Waals surface area contributed by atoms with Crippen molar-refractivity contribution >= 4 is 23.2 Å². The average Bonchev–Trinajstić information content (AvgIpc) is 3.09. The zero-order valence-electron chi connectivity index (χ0n) is 16.4. The number of benzene rings is 1. The Morgan fingerprint density at radius 1 is 1.39 bits per heavy atom. The minimum Gasteiger partial charge on any atom is -0.484 e. The predicted octanol–water partition coefficient (Wildman–Crippen LogP) is 2.09. The summed E-state index contributed by atoms with van der Waals surface area (Å²) < 4.78 is 5.36. The minimum absolute atomic E-state index is 0.126. The third kappa shape index (κ3) is 5.45. The van der Waals surface area contributed by atoms with E-state index in [2.05, 4.69) is 15.2 Å². The van der Waals surface area contributed by atoms with E-state index in [-0.39, 0.29) is 6.61 Å². The van der Waals surface area contributed by atoms with Gasteiger partial charge in [0.2, 0.25) is 0 Å². The Hall–Kier alpha value is -2.61. The highest BCUT2D eigenvalue weighted by Crippen LogP contribution is 2.27. The molecule has 0 saturated heterocycles. The van der Waals surface area contributed by atoms with Crippen LogP contribution in [0.3, 0.4) is 0 Å². The van der Waals surface area contributed by atoms with E-state index >= 15 is 0 Å². The number of ether oxygens (including phenoxy) is 1. The van der Waals surface area contributed by atoms with Crippen LogP contribution in [-0.2, 0) is 30.7 Å². The van der Waals surface area contributed by atoms with Crippen LogP contribution in [-0.4, -0.2) is 42.5 Å². The molecule has 3 rings (SSSR count). The fraction of sp³-hybridized carbons (Fsp3) is 0.450. The third-order valence-corrected chi connectivity index (χ3v) is 5.71. The SMILES string of the molecule is CN=C(NCc1cccc(OCC(N)=O)c1)N(C)Cc1nc2c(s1)CCCC2. The molecule has 0 radical (unpaired) electrons. The number of thiazole rings is 1. The number of carbonyl (C=O) groups excluding carboxylic acids is 1. The van der Waals surface area contributed by atoms with Crippen LogP contribution in [0, 0.1) is 0 Å². The molecule has 2 aromatic rings. The molecular formula is C20H27N5O2S. The van der Waals surface area contributed by atoms with E-state index in [0.717, 1.165) is 35.9 Å². The molecule has 3 N–H and O–H groups in total. The van der Waals surface area contributed by atoms with E-state index in [1.54, 1.807) is 13.1 Å². The van der Waals surface area contributed by atoms with Crippen LogP contribution < -0.4 is 15.8 Å². The Bertz CT molecular complexity index is 825. The van der Waals surface area contributed by atoms with Crippen molar-refractivity contribution in [3.63, 3.8) is 0 Å². The van der Waals surface area contributed by atoms with Crippen molar-refractivity contribution in [3.8, 4) is 5.75 Å². The van der Waals surface area contributed by atoms with E-state index in [4.69, 9.17) is 15.5 Å². The zero-order chi connectivity index (χ0) is 19.9. The summed E-state index contributed by atoms with van der Waals surface area (Å²) in [5, 5.41) is 4.50. The van der Waals surface area contributed by atoms with Crippen LogP contribution in [0.4, 0.5) is 0 Å². The number of rotatable bonds is 7. The number of aliphatic imine (C=N–C) groups is 1. The molecule has 0 saturated carbocycles. The molecule has 0 atom stereocenters. The lowest BCUT2D eigenvalue weighted by molar-refractivity contribution is -0.119. The second kappa shape index (κ2) is 9.54. The van der Waals surface area contributed by atoms with Crippen molar-refractivity contribution in [1.29, 1.82) is 0 Å². The maximum absolute atomic E-state index is 10.9. The number of aromatic nitrogens is 1. The number of nitrogens with zero attached hydrogens (tertiary/aromatic N) is 3. The molecule has 8 heteroatoms. The van der Waals surface area contributed by atoms with Gasteiger partial charge in [0.1, 0.15) is 10.8 Å². The van der Waals surface area contributed by atoms with E-state index < -0.39 is 5.91 Å². The number of hydrogen-bond acceptors (Lipinski definition) is 5. The molecule has 0 bridgehead atoms. The normalized spacial score (nSPS) is 13.7. The monoisotopic (exact) mass is 401 g/mol. The van der Waals surface area contributed by atoms with Gasteiger partial charge in [-0.25, -0.2) is 4.98 Å². The van der Waals surface area contributed by atoms with Gasteiger partial charge in [0.25, 0.3) is 5.91 Å².